The number of aryl methyl sites for hydroxylation is 1. The first-order chi connectivity index (χ1) is 10.8. The smallest absolute Gasteiger partial charge is 0.283 e. The lowest BCUT2D eigenvalue weighted by Gasteiger charge is -2.21. The van der Waals surface area contributed by atoms with E-state index in [9.17, 15) is 0 Å². The van der Waals surface area contributed by atoms with Gasteiger partial charge in [0, 0.05) is 24.8 Å². The largest absolute Gasteiger partial charge is 0.459 e. The molecule has 114 valence electrons. The van der Waals surface area contributed by atoms with Crippen LogP contribution in [0.3, 0.4) is 0 Å². The molecular formula is C15H17N5O2. The van der Waals surface area contributed by atoms with Crippen LogP contribution in [0.15, 0.2) is 39.6 Å². The van der Waals surface area contributed by atoms with Crippen molar-refractivity contribution in [3.05, 3.63) is 42.2 Å². The maximum absolute atomic E-state index is 5.70. The van der Waals surface area contributed by atoms with Gasteiger partial charge in [0.05, 0.1) is 19.0 Å². The number of nitrogens with zero attached hydrogens (tertiary/aromatic N) is 5. The predicted octanol–water partition coefficient (Wildman–Crippen LogP) is 2.40. The first kappa shape index (κ1) is 13.3. The highest BCUT2D eigenvalue weighted by Gasteiger charge is 2.28. The van der Waals surface area contributed by atoms with Gasteiger partial charge < -0.3 is 8.83 Å². The third-order valence-electron chi connectivity index (χ3n) is 4.01. The number of hydrogen-bond acceptors (Lipinski definition) is 6. The van der Waals surface area contributed by atoms with E-state index < -0.39 is 0 Å². The van der Waals surface area contributed by atoms with Gasteiger partial charge in [-0.25, -0.2) is 0 Å². The van der Waals surface area contributed by atoms with E-state index in [0.29, 0.717) is 30.1 Å². The molecule has 0 bridgehead atoms. The molecule has 0 aliphatic carbocycles. The molecule has 3 aromatic rings. The molecular weight excluding hydrogens is 282 g/mol. The second-order valence-electron chi connectivity index (χ2n) is 5.55. The molecule has 0 unspecified atom stereocenters. The summed E-state index contributed by atoms with van der Waals surface area (Å²) < 4.78 is 12.8. The SMILES string of the molecule is Cn1cc([C@@H]2CCCN2Cc2nnc(-c3ccco3)o2)cn1. The molecule has 22 heavy (non-hydrogen) atoms. The van der Waals surface area contributed by atoms with E-state index in [1.54, 1.807) is 12.3 Å². The second kappa shape index (κ2) is 5.42. The molecule has 0 N–H and O–H groups in total. The van der Waals surface area contributed by atoms with E-state index in [2.05, 4.69) is 26.4 Å². The minimum absolute atomic E-state index is 0.368. The van der Waals surface area contributed by atoms with Crippen LogP contribution in [0.2, 0.25) is 0 Å². The average molecular weight is 299 g/mol. The van der Waals surface area contributed by atoms with Crippen molar-refractivity contribution >= 4 is 0 Å². The third kappa shape index (κ3) is 2.43. The highest BCUT2D eigenvalue weighted by atomic mass is 16.4. The molecule has 1 atom stereocenters. The average Bonchev–Trinajstić information content (AvgIpc) is 3.26. The number of hydrogen-bond donors (Lipinski definition) is 0. The Morgan fingerprint density at radius 2 is 2.32 bits per heavy atom. The van der Waals surface area contributed by atoms with Crippen molar-refractivity contribution in [2.24, 2.45) is 7.05 Å². The first-order valence-electron chi connectivity index (χ1n) is 7.38. The Bertz CT molecular complexity index is 746. The van der Waals surface area contributed by atoms with Crippen LogP contribution in [0.5, 0.6) is 0 Å². The molecule has 1 aliphatic heterocycles. The van der Waals surface area contributed by atoms with Gasteiger partial charge in [0.2, 0.25) is 5.89 Å². The molecule has 0 radical (unpaired) electrons. The Morgan fingerprint density at radius 1 is 1.36 bits per heavy atom. The maximum Gasteiger partial charge on any atom is 0.283 e. The molecule has 0 aromatic carbocycles. The lowest BCUT2D eigenvalue weighted by Crippen LogP contribution is -2.22. The molecule has 0 spiro atoms. The van der Waals surface area contributed by atoms with Gasteiger partial charge >= 0.3 is 0 Å². The fraction of sp³-hybridized carbons (Fsp3) is 0.400. The van der Waals surface area contributed by atoms with Crippen molar-refractivity contribution in [3.8, 4) is 11.7 Å². The van der Waals surface area contributed by atoms with Gasteiger partial charge in [-0.15, -0.1) is 10.2 Å². The molecule has 7 heteroatoms. The highest BCUT2D eigenvalue weighted by Crippen LogP contribution is 2.32. The minimum atomic E-state index is 0.368. The molecule has 1 saturated heterocycles. The van der Waals surface area contributed by atoms with Crippen LogP contribution in [0.25, 0.3) is 11.7 Å². The normalized spacial score (nSPS) is 19.0. The lowest BCUT2D eigenvalue weighted by atomic mass is 10.1. The van der Waals surface area contributed by atoms with Crippen LogP contribution in [0.4, 0.5) is 0 Å². The molecule has 4 heterocycles. The zero-order valence-corrected chi connectivity index (χ0v) is 12.3. The fourth-order valence-electron chi connectivity index (χ4n) is 3.00. The van der Waals surface area contributed by atoms with E-state index in [0.717, 1.165) is 13.0 Å². The Kier molecular flexibility index (Phi) is 3.27. The molecule has 1 aliphatic rings. The van der Waals surface area contributed by atoms with E-state index in [-0.39, 0.29) is 0 Å². The molecule has 7 nitrogen and oxygen atoms in total. The van der Waals surface area contributed by atoms with Gasteiger partial charge in [-0.1, -0.05) is 0 Å². The topological polar surface area (TPSA) is 73.1 Å². The van der Waals surface area contributed by atoms with Gasteiger partial charge in [-0.3, -0.25) is 9.58 Å². The molecule has 4 rings (SSSR count). The van der Waals surface area contributed by atoms with Crippen LogP contribution in [0, 0.1) is 0 Å². The van der Waals surface area contributed by atoms with Crippen molar-refractivity contribution in [3.63, 3.8) is 0 Å². The van der Waals surface area contributed by atoms with Gasteiger partial charge in [0.1, 0.15) is 0 Å². The summed E-state index contributed by atoms with van der Waals surface area (Å²) in [7, 11) is 1.94. The van der Waals surface area contributed by atoms with Crippen LogP contribution in [0.1, 0.15) is 30.3 Å². The molecule has 0 saturated carbocycles. The van der Waals surface area contributed by atoms with Gasteiger partial charge in [0.15, 0.2) is 5.76 Å². The zero-order valence-electron chi connectivity index (χ0n) is 12.3. The van der Waals surface area contributed by atoms with Gasteiger partial charge in [-0.2, -0.15) is 5.10 Å². The second-order valence-corrected chi connectivity index (χ2v) is 5.55. The van der Waals surface area contributed by atoms with Crippen LogP contribution < -0.4 is 0 Å². The van der Waals surface area contributed by atoms with Crippen molar-refractivity contribution in [1.82, 2.24) is 24.9 Å². The molecule has 3 aromatic heterocycles. The summed E-state index contributed by atoms with van der Waals surface area (Å²) in [5, 5.41) is 12.4. The van der Waals surface area contributed by atoms with E-state index in [1.807, 2.05) is 24.0 Å². The van der Waals surface area contributed by atoms with Crippen LogP contribution in [-0.2, 0) is 13.6 Å². The van der Waals surface area contributed by atoms with Crippen LogP contribution >= 0.6 is 0 Å². The van der Waals surface area contributed by atoms with Gasteiger partial charge in [-0.05, 0) is 31.5 Å². The zero-order chi connectivity index (χ0) is 14.9. The Hall–Kier alpha value is -2.41. The predicted molar refractivity (Wildman–Crippen MR) is 77.6 cm³/mol. The fourth-order valence-corrected chi connectivity index (χ4v) is 3.00. The summed E-state index contributed by atoms with van der Waals surface area (Å²) in [5.41, 5.74) is 1.24. The van der Waals surface area contributed by atoms with E-state index in [1.165, 1.54) is 12.0 Å². The van der Waals surface area contributed by atoms with Crippen molar-refractivity contribution < 1.29 is 8.83 Å². The summed E-state index contributed by atoms with van der Waals surface area (Å²) >= 11 is 0. The van der Waals surface area contributed by atoms with Crippen molar-refractivity contribution in [1.29, 1.82) is 0 Å². The summed E-state index contributed by atoms with van der Waals surface area (Å²) in [5.74, 6) is 1.64. The number of rotatable bonds is 4. The lowest BCUT2D eigenvalue weighted by molar-refractivity contribution is 0.224. The van der Waals surface area contributed by atoms with Crippen molar-refractivity contribution in [2.75, 3.05) is 6.54 Å². The minimum Gasteiger partial charge on any atom is -0.459 e. The Balaban J connectivity index is 1.50. The third-order valence-corrected chi connectivity index (χ3v) is 4.01. The maximum atomic E-state index is 5.70. The quantitative estimate of drug-likeness (QED) is 0.736. The molecule has 1 fully saturated rings. The summed E-state index contributed by atoms with van der Waals surface area (Å²) in [6.45, 7) is 1.67. The van der Waals surface area contributed by atoms with E-state index in [4.69, 9.17) is 8.83 Å². The Labute approximate surface area is 127 Å². The summed E-state index contributed by atoms with van der Waals surface area (Å²) in [4.78, 5) is 2.36. The number of aromatic nitrogens is 4. The number of furan rings is 1. The monoisotopic (exact) mass is 299 g/mol. The summed E-state index contributed by atoms with van der Waals surface area (Å²) in [6.07, 6.45) is 7.90. The van der Waals surface area contributed by atoms with Gasteiger partial charge in [0.25, 0.3) is 5.89 Å². The summed E-state index contributed by atoms with van der Waals surface area (Å²) in [6, 6.07) is 3.98. The molecule has 0 amide bonds. The highest BCUT2D eigenvalue weighted by molar-refractivity contribution is 5.42. The van der Waals surface area contributed by atoms with Crippen molar-refractivity contribution in [2.45, 2.75) is 25.4 Å². The number of likely N-dealkylation sites (tertiary alicyclic amines) is 1. The van der Waals surface area contributed by atoms with Crippen LogP contribution in [-0.4, -0.2) is 31.4 Å². The first-order valence-corrected chi connectivity index (χ1v) is 7.38. The van der Waals surface area contributed by atoms with E-state index >= 15 is 0 Å². The standard InChI is InChI=1S/C15H17N5O2/c1-19-9-11(8-16-19)12-4-2-6-20(12)10-14-17-18-15(22-14)13-5-3-7-21-13/h3,5,7-9,12H,2,4,6,10H2,1H3/t12-/m0/s1. The Morgan fingerprint density at radius 3 is 3.09 bits per heavy atom.